The summed E-state index contributed by atoms with van der Waals surface area (Å²) in [4.78, 5) is 22.0. The Bertz CT molecular complexity index is 1040. The van der Waals surface area contributed by atoms with Gasteiger partial charge in [-0.05, 0) is 37.3 Å². The van der Waals surface area contributed by atoms with Gasteiger partial charge in [0, 0.05) is 56.6 Å². The summed E-state index contributed by atoms with van der Waals surface area (Å²) in [7, 11) is 0. The average Bonchev–Trinajstić information content (AvgIpc) is 3.09. The Kier molecular flexibility index (Phi) is 4.53. The van der Waals surface area contributed by atoms with Crippen LogP contribution < -0.4 is 5.56 Å². The molecular formula is C22H27N5O. The highest BCUT2D eigenvalue weighted by Gasteiger charge is 2.27. The summed E-state index contributed by atoms with van der Waals surface area (Å²) >= 11 is 0. The van der Waals surface area contributed by atoms with Gasteiger partial charge in [0.2, 0.25) is 0 Å². The first kappa shape index (κ1) is 17.6. The van der Waals surface area contributed by atoms with Gasteiger partial charge in [-0.3, -0.25) is 19.7 Å². The van der Waals surface area contributed by atoms with E-state index in [9.17, 15) is 4.79 Å². The molecule has 2 aliphatic rings. The Morgan fingerprint density at radius 2 is 1.89 bits per heavy atom. The third-order valence-corrected chi connectivity index (χ3v) is 6.26. The Labute approximate surface area is 164 Å². The molecule has 146 valence electrons. The molecule has 1 atom stereocenters. The minimum absolute atomic E-state index is 0.0346. The highest BCUT2D eigenvalue weighted by molar-refractivity contribution is 5.39. The van der Waals surface area contributed by atoms with E-state index in [4.69, 9.17) is 0 Å². The van der Waals surface area contributed by atoms with Gasteiger partial charge in [0.1, 0.15) is 0 Å². The maximum absolute atomic E-state index is 12.3. The van der Waals surface area contributed by atoms with Crippen LogP contribution in [0.2, 0.25) is 0 Å². The van der Waals surface area contributed by atoms with Gasteiger partial charge in [-0.1, -0.05) is 24.3 Å². The quantitative estimate of drug-likeness (QED) is 0.759. The fraction of sp³-hybridized carbons (Fsp3) is 0.455. The van der Waals surface area contributed by atoms with Gasteiger partial charge in [-0.25, -0.2) is 9.50 Å². The standard InChI is InChI=1S/C22H27N5O/c1-16-12-21-23-19(14-22(28)27(21)24-16)15-25-8-10-26(11-9-25)20-7-6-17-4-2-3-5-18(17)13-20/h2-5,12,14,20,24H,6-11,13,15H2,1H3. The number of nitrogens with zero attached hydrogens (tertiary/aromatic N) is 4. The third kappa shape index (κ3) is 3.38. The number of benzene rings is 1. The molecule has 0 amide bonds. The predicted octanol–water partition coefficient (Wildman–Crippen LogP) is 2.01. The summed E-state index contributed by atoms with van der Waals surface area (Å²) in [6, 6.07) is 13.1. The lowest BCUT2D eigenvalue weighted by Crippen LogP contribution is -2.51. The molecule has 1 unspecified atom stereocenters. The second kappa shape index (κ2) is 7.18. The second-order valence-corrected chi connectivity index (χ2v) is 8.20. The molecule has 1 saturated heterocycles. The number of aromatic nitrogens is 3. The summed E-state index contributed by atoms with van der Waals surface area (Å²) < 4.78 is 1.51. The van der Waals surface area contributed by atoms with E-state index in [1.807, 2.05) is 13.0 Å². The van der Waals surface area contributed by atoms with Crippen LogP contribution >= 0.6 is 0 Å². The summed E-state index contributed by atoms with van der Waals surface area (Å²) in [5.41, 5.74) is 5.55. The van der Waals surface area contributed by atoms with Gasteiger partial charge in [-0.2, -0.15) is 0 Å². The monoisotopic (exact) mass is 377 g/mol. The van der Waals surface area contributed by atoms with Crippen LogP contribution in [0.1, 0.15) is 28.9 Å². The second-order valence-electron chi connectivity index (χ2n) is 8.20. The minimum atomic E-state index is -0.0346. The number of piperazine rings is 1. The third-order valence-electron chi connectivity index (χ3n) is 6.26. The molecule has 6 heteroatoms. The molecule has 6 nitrogen and oxygen atoms in total. The maximum atomic E-state index is 12.3. The van der Waals surface area contributed by atoms with Crippen molar-refractivity contribution in [3.8, 4) is 0 Å². The zero-order valence-electron chi connectivity index (χ0n) is 16.4. The fourth-order valence-corrected chi connectivity index (χ4v) is 4.75. The van der Waals surface area contributed by atoms with Gasteiger partial charge < -0.3 is 0 Å². The largest absolute Gasteiger partial charge is 0.298 e. The number of aromatic amines is 1. The molecule has 5 rings (SSSR count). The highest BCUT2D eigenvalue weighted by atomic mass is 16.1. The molecule has 2 aromatic heterocycles. The molecule has 1 aliphatic heterocycles. The maximum Gasteiger partial charge on any atom is 0.272 e. The van der Waals surface area contributed by atoms with Gasteiger partial charge in [0.15, 0.2) is 5.65 Å². The number of hydrogen-bond donors (Lipinski definition) is 1. The van der Waals surface area contributed by atoms with Gasteiger partial charge >= 0.3 is 0 Å². The van der Waals surface area contributed by atoms with Crippen LogP contribution in [-0.2, 0) is 19.4 Å². The molecular weight excluding hydrogens is 350 g/mol. The first-order chi connectivity index (χ1) is 13.7. The van der Waals surface area contributed by atoms with Crippen molar-refractivity contribution in [2.24, 2.45) is 0 Å². The molecule has 1 aliphatic carbocycles. The first-order valence-electron chi connectivity index (χ1n) is 10.3. The van der Waals surface area contributed by atoms with E-state index >= 15 is 0 Å². The minimum Gasteiger partial charge on any atom is -0.298 e. The molecule has 0 saturated carbocycles. The molecule has 0 bridgehead atoms. The zero-order chi connectivity index (χ0) is 19.1. The smallest absolute Gasteiger partial charge is 0.272 e. The van der Waals surface area contributed by atoms with Crippen molar-refractivity contribution in [2.75, 3.05) is 26.2 Å². The molecule has 0 radical (unpaired) electrons. The van der Waals surface area contributed by atoms with Gasteiger partial charge in [0.05, 0.1) is 5.69 Å². The Hall–Kier alpha value is -2.44. The van der Waals surface area contributed by atoms with E-state index in [-0.39, 0.29) is 5.56 Å². The number of fused-ring (bicyclic) bond motifs is 2. The van der Waals surface area contributed by atoms with E-state index in [0.717, 1.165) is 44.1 Å². The molecule has 28 heavy (non-hydrogen) atoms. The number of aryl methyl sites for hydroxylation is 2. The van der Waals surface area contributed by atoms with Crippen LogP contribution in [0.3, 0.4) is 0 Å². The summed E-state index contributed by atoms with van der Waals surface area (Å²) in [5.74, 6) is 0. The van der Waals surface area contributed by atoms with Gasteiger partial charge in [-0.15, -0.1) is 0 Å². The van der Waals surface area contributed by atoms with Crippen LogP contribution in [0, 0.1) is 6.92 Å². The van der Waals surface area contributed by atoms with Crippen LogP contribution in [0.25, 0.3) is 5.65 Å². The SMILES string of the molecule is Cc1cc2nc(CN3CCN(C4CCc5ccccc5C4)CC3)cc(=O)n2[nH]1. The topological polar surface area (TPSA) is 56.6 Å². The van der Waals surface area contributed by atoms with E-state index in [1.54, 1.807) is 6.07 Å². The molecule has 1 N–H and O–H groups in total. The first-order valence-corrected chi connectivity index (χ1v) is 10.3. The van der Waals surface area contributed by atoms with Crippen LogP contribution in [0.5, 0.6) is 0 Å². The number of rotatable bonds is 3. The lowest BCUT2D eigenvalue weighted by atomic mass is 9.87. The van der Waals surface area contributed by atoms with Crippen molar-refractivity contribution in [3.63, 3.8) is 0 Å². The Morgan fingerprint density at radius 3 is 2.71 bits per heavy atom. The fourth-order valence-electron chi connectivity index (χ4n) is 4.75. The van der Waals surface area contributed by atoms with Crippen molar-refractivity contribution in [1.82, 2.24) is 24.4 Å². The zero-order valence-corrected chi connectivity index (χ0v) is 16.4. The Balaban J connectivity index is 1.21. The predicted molar refractivity (Wildman–Crippen MR) is 110 cm³/mol. The Morgan fingerprint density at radius 1 is 1.11 bits per heavy atom. The highest BCUT2D eigenvalue weighted by Crippen LogP contribution is 2.25. The van der Waals surface area contributed by atoms with E-state index in [1.165, 1.54) is 34.9 Å². The summed E-state index contributed by atoms with van der Waals surface area (Å²) in [6.45, 7) is 6.94. The van der Waals surface area contributed by atoms with Crippen LogP contribution in [0.15, 0.2) is 41.2 Å². The van der Waals surface area contributed by atoms with Crippen molar-refractivity contribution in [3.05, 3.63) is 69.3 Å². The van der Waals surface area contributed by atoms with Crippen molar-refractivity contribution < 1.29 is 0 Å². The van der Waals surface area contributed by atoms with Crippen LogP contribution in [0.4, 0.5) is 0 Å². The van der Waals surface area contributed by atoms with Gasteiger partial charge in [0.25, 0.3) is 5.56 Å². The average molecular weight is 377 g/mol. The number of H-pyrrole nitrogens is 1. The lowest BCUT2D eigenvalue weighted by Gasteiger charge is -2.41. The molecule has 0 spiro atoms. The molecule has 3 aromatic rings. The number of hydrogen-bond acceptors (Lipinski definition) is 4. The molecule has 3 heterocycles. The molecule has 1 fully saturated rings. The normalized spacial score (nSPS) is 21.1. The number of nitrogens with one attached hydrogen (secondary N) is 1. The van der Waals surface area contributed by atoms with E-state index in [0.29, 0.717) is 11.7 Å². The summed E-state index contributed by atoms with van der Waals surface area (Å²) in [6.07, 6.45) is 3.64. The van der Waals surface area contributed by atoms with E-state index in [2.05, 4.69) is 44.1 Å². The van der Waals surface area contributed by atoms with Crippen LogP contribution in [-0.4, -0.2) is 56.6 Å². The lowest BCUT2D eigenvalue weighted by molar-refractivity contribution is 0.0850. The molecule has 1 aromatic carbocycles. The van der Waals surface area contributed by atoms with E-state index < -0.39 is 0 Å². The summed E-state index contributed by atoms with van der Waals surface area (Å²) in [5, 5.41) is 3.03. The van der Waals surface area contributed by atoms with Crippen molar-refractivity contribution in [2.45, 2.75) is 38.8 Å². The van der Waals surface area contributed by atoms with Crippen molar-refractivity contribution in [1.29, 1.82) is 0 Å². The van der Waals surface area contributed by atoms with Crippen molar-refractivity contribution >= 4 is 5.65 Å².